The van der Waals surface area contributed by atoms with Gasteiger partial charge in [0.15, 0.2) is 0 Å². The van der Waals surface area contributed by atoms with Crippen molar-refractivity contribution >= 4 is 5.97 Å². The van der Waals surface area contributed by atoms with Gasteiger partial charge in [-0.05, 0) is 19.8 Å². The molecular weight excluding hydrogens is 368 g/mol. The lowest BCUT2D eigenvalue weighted by Gasteiger charge is -2.05. The molecule has 30 heavy (non-hydrogen) atoms. The van der Waals surface area contributed by atoms with E-state index in [0.29, 0.717) is 13.0 Å². The number of unbranched alkanes of at least 4 members (excludes halogenated alkanes) is 19. The van der Waals surface area contributed by atoms with Crippen LogP contribution in [0.25, 0.3) is 0 Å². The molecule has 0 spiro atoms. The highest BCUT2D eigenvalue weighted by Crippen LogP contribution is 2.14. The monoisotopic (exact) mass is 422 g/mol. The summed E-state index contributed by atoms with van der Waals surface area (Å²) >= 11 is 0. The van der Waals surface area contributed by atoms with Gasteiger partial charge in [0.1, 0.15) is 0 Å². The van der Waals surface area contributed by atoms with Crippen LogP contribution >= 0.6 is 0 Å². The predicted molar refractivity (Wildman–Crippen MR) is 133 cm³/mol. The third kappa shape index (κ3) is 25.2. The highest BCUT2D eigenvalue weighted by molar-refractivity contribution is 5.69. The van der Waals surface area contributed by atoms with Crippen LogP contribution in [-0.4, -0.2) is 12.6 Å². The van der Waals surface area contributed by atoms with E-state index < -0.39 is 0 Å². The van der Waals surface area contributed by atoms with Crippen LogP contribution in [-0.2, 0) is 9.53 Å². The summed E-state index contributed by atoms with van der Waals surface area (Å²) in [7, 11) is 0. The molecule has 0 saturated heterocycles. The predicted octanol–water partition coefficient (Wildman–Crippen LogP) is 9.71. The zero-order chi connectivity index (χ0) is 22.0. The van der Waals surface area contributed by atoms with Gasteiger partial charge in [-0.25, -0.2) is 0 Å². The second-order valence-corrected chi connectivity index (χ2v) is 9.05. The molecule has 0 atom stereocenters. The van der Waals surface area contributed by atoms with Crippen LogP contribution in [0.4, 0.5) is 0 Å². The topological polar surface area (TPSA) is 26.3 Å². The van der Waals surface area contributed by atoms with Gasteiger partial charge in [0.25, 0.3) is 0 Å². The molecule has 0 bridgehead atoms. The van der Waals surface area contributed by atoms with Crippen LogP contribution in [0, 0.1) is 0 Å². The maximum Gasteiger partial charge on any atom is 0.306 e. The fourth-order valence-electron chi connectivity index (χ4n) is 3.98. The Morgan fingerprint density at radius 2 is 0.967 bits per heavy atom. The van der Waals surface area contributed by atoms with Gasteiger partial charge in [0.05, 0.1) is 6.61 Å². The Labute approximate surface area is 189 Å². The lowest BCUT2D eigenvalue weighted by atomic mass is 10.0. The van der Waals surface area contributed by atoms with Crippen LogP contribution in [0.15, 0.2) is 12.2 Å². The summed E-state index contributed by atoms with van der Waals surface area (Å²) < 4.78 is 5.25. The first-order valence-corrected chi connectivity index (χ1v) is 13.6. The molecule has 0 amide bonds. The number of carbonyl (C=O) groups excluding carboxylic acids is 1. The van der Waals surface area contributed by atoms with E-state index >= 15 is 0 Å². The van der Waals surface area contributed by atoms with Crippen molar-refractivity contribution in [3.05, 3.63) is 12.2 Å². The second kappa shape index (κ2) is 26.2. The smallest absolute Gasteiger partial charge is 0.306 e. The van der Waals surface area contributed by atoms with Gasteiger partial charge in [-0.2, -0.15) is 0 Å². The van der Waals surface area contributed by atoms with E-state index in [2.05, 4.69) is 6.92 Å². The van der Waals surface area contributed by atoms with Gasteiger partial charge in [0, 0.05) is 6.42 Å². The molecule has 2 nitrogen and oxygen atoms in total. The van der Waals surface area contributed by atoms with E-state index in [0.717, 1.165) is 12.8 Å². The molecule has 0 fully saturated rings. The fourth-order valence-corrected chi connectivity index (χ4v) is 3.98. The second-order valence-electron chi connectivity index (χ2n) is 9.05. The van der Waals surface area contributed by atoms with Crippen molar-refractivity contribution in [1.82, 2.24) is 0 Å². The van der Waals surface area contributed by atoms with E-state index in [4.69, 9.17) is 4.74 Å². The van der Waals surface area contributed by atoms with E-state index in [1.807, 2.05) is 19.1 Å². The summed E-state index contributed by atoms with van der Waals surface area (Å²) in [5, 5.41) is 0. The molecule has 0 aliphatic rings. The third-order valence-electron chi connectivity index (χ3n) is 6.01. The van der Waals surface area contributed by atoms with E-state index in [-0.39, 0.29) is 5.97 Å². The highest BCUT2D eigenvalue weighted by atomic mass is 16.5. The lowest BCUT2D eigenvalue weighted by molar-refractivity contribution is -0.143. The molecule has 0 heterocycles. The van der Waals surface area contributed by atoms with Gasteiger partial charge in [-0.3, -0.25) is 4.79 Å². The number of esters is 1. The van der Waals surface area contributed by atoms with E-state index in [1.54, 1.807) is 0 Å². The number of carbonyl (C=O) groups is 1. The first-order valence-electron chi connectivity index (χ1n) is 13.6. The molecule has 0 unspecified atom stereocenters. The first-order chi connectivity index (χ1) is 14.8. The van der Waals surface area contributed by atoms with Crippen molar-refractivity contribution in [2.24, 2.45) is 0 Å². The highest BCUT2D eigenvalue weighted by Gasteiger charge is 2.00. The van der Waals surface area contributed by atoms with Crippen molar-refractivity contribution in [1.29, 1.82) is 0 Å². The number of ether oxygens (including phenoxy) is 1. The third-order valence-corrected chi connectivity index (χ3v) is 6.01. The minimum Gasteiger partial charge on any atom is -0.466 e. The van der Waals surface area contributed by atoms with E-state index in [1.165, 1.54) is 122 Å². The Bertz CT molecular complexity index is 362. The number of hydrogen-bond donors (Lipinski definition) is 0. The Morgan fingerprint density at radius 3 is 1.33 bits per heavy atom. The average Bonchev–Trinajstić information content (AvgIpc) is 2.75. The van der Waals surface area contributed by atoms with Crippen LogP contribution < -0.4 is 0 Å². The average molecular weight is 423 g/mol. The molecule has 0 aliphatic carbocycles. The van der Waals surface area contributed by atoms with Gasteiger partial charge >= 0.3 is 5.97 Å². The SMILES string of the molecule is C/C=C/CCC(=O)OCCCCCCCCCCCCCCCCCCCCCC. The Morgan fingerprint density at radius 1 is 0.600 bits per heavy atom. The van der Waals surface area contributed by atoms with Crippen LogP contribution in [0.5, 0.6) is 0 Å². The Kier molecular flexibility index (Phi) is 25.6. The van der Waals surface area contributed by atoms with Crippen molar-refractivity contribution in [2.75, 3.05) is 6.61 Å². The van der Waals surface area contributed by atoms with Crippen LogP contribution in [0.3, 0.4) is 0 Å². The molecule has 0 aliphatic heterocycles. The van der Waals surface area contributed by atoms with Crippen LogP contribution in [0.1, 0.15) is 155 Å². The first kappa shape index (κ1) is 29.2. The Balaban J connectivity index is 3.07. The largest absolute Gasteiger partial charge is 0.466 e. The molecule has 0 radical (unpaired) electrons. The van der Waals surface area contributed by atoms with Crippen LogP contribution in [0.2, 0.25) is 0 Å². The van der Waals surface area contributed by atoms with Gasteiger partial charge in [0.2, 0.25) is 0 Å². The summed E-state index contributed by atoms with van der Waals surface area (Å²) in [5.41, 5.74) is 0. The number of rotatable bonds is 24. The minimum absolute atomic E-state index is 0.0501. The van der Waals surface area contributed by atoms with Crippen molar-refractivity contribution in [3.63, 3.8) is 0 Å². The summed E-state index contributed by atoms with van der Waals surface area (Å²) in [6, 6.07) is 0. The van der Waals surface area contributed by atoms with Gasteiger partial charge in [-0.15, -0.1) is 0 Å². The minimum atomic E-state index is -0.0501. The summed E-state index contributed by atoms with van der Waals surface area (Å²) in [6.07, 6.45) is 33.1. The lowest BCUT2D eigenvalue weighted by Crippen LogP contribution is -2.05. The summed E-state index contributed by atoms with van der Waals surface area (Å²) in [6.45, 7) is 4.87. The fraction of sp³-hybridized carbons (Fsp3) is 0.893. The van der Waals surface area contributed by atoms with Crippen molar-refractivity contribution in [3.8, 4) is 0 Å². The Hall–Kier alpha value is -0.790. The molecule has 0 N–H and O–H groups in total. The zero-order valence-corrected chi connectivity index (χ0v) is 20.7. The molecule has 0 saturated carbocycles. The summed E-state index contributed by atoms with van der Waals surface area (Å²) in [4.78, 5) is 11.5. The molecule has 2 heteroatoms. The maximum atomic E-state index is 11.5. The standard InChI is InChI=1S/C28H54O2/c1-3-5-7-8-9-10-11-12-13-14-15-16-17-18-19-20-21-22-23-25-27-30-28(29)26-24-6-4-2/h4,6H,3,5,7-27H2,1-2H3/b6-4+. The van der Waals surface area contributed by atoms with E-state index in [9.17, 15) is 4.79 Å². The van der Waals surface area contributed by atoms with Gasteiger partial charge < -0.3 is 4.74 Å². The molecule has 178 valence electrons. The summed E-state index contributed by atoms with van der Waals surface area (Å²) in [5.74, 6) is -0.0501. The zero-order valence-electron chi connectivity index (χ0n) is 20.7. The quantitative estimate of drug-likeness (QED) is 0.0878. The normalized spacial score (nSPS) is 11.4. The van der Waals surface area contributed by atoms with Crippen molar-refractivity contribution in [2.45, 2.75) is 155 Å². The number of allylic oxidation sites excluding steroid dienone is 2. The van der Waals surface area contributed by atoms with Crippen molar-refractivity contribution < 1.29 is 9.53 Å². The molecule has 0 aromatic rings. The molecule has 0 rings (SSSR count). The molecular formula is C28H54O2. The molecule has 0 aromatic carbocycles. The maximum absolute atomic E-state index is 11.5. The molecule has 0 aromatic heterocycles. The number of hydrogen-bond acceptors (Lipinski definition) is 2. The van der Waals surface area contributed by atoms with Gasteiger partial charge in [-0.1, -0.05) is 141 Å².